The first-order valence-electron chi connectivity index (χ1n) is 4.77. The van der Waals surface area contributed by atoms with Crippen LogP contribution >= 0.6 is 11.8 Å². The maximum Gasteiger partial charge on any atom is 0.176 e. The fraction of sp³-hybridized carbons (Fsp3) is 0.400. The van der Waals surface area contributed by atoms with Crippen LogP contribution in [0.2, 0.25) is 0 Å². The molecule has 1 aromatic carbocycles. The zero-order chi connectivity index (χ0) is 13.2. The van der Waals surface area contributed by atoms with E-state index in [2.05, 4.69) is 0 Å². The van der Waals surface area contributed by atoms with E-state index in [1.54, 1.807) is 6.26 Å². The van der Waals surface area contributed by atoms with Crippen molar-refractivity contribution in [2.24, 2.45) is 5.73 Å². The summed E-state index contributed by atoms with van der Waals surface area (Å²) in [6.45, 7) is -0.0960. The van der Waals surface area contributed by atoms with Crippen molar-refractivity contribution in [3.63, 3.8) is 0 Å². The number of hydrogen-bond donors (Lipinski definition) is 2. The van der Waals surface area contributed by atoms with Gasteiger partial charge in [0.1, 0.15) is 5.82 Å². The van der Waals surface area contributed by atoms with Gasteiger partial charge in [-0.3, -0.25) is 0 Å². The Bertz CT molecular complexity index is 517. The summed E-state index contributed by atoms with van der Waals surface area (Å²) in [6.07, 6.45) is 1.52. The van der Waals surface area contributed by atoms with E-state index in [1.165, 1.54) is 6.07 Å². The highest BCUT2D eigenvalue weighted by molar-refractivity contribution is 7.99. The molecule has 0 bridgehead atoms. The second-order valence-electron chi connectivity index (χ2n) is 3.56. The van der Waals surface area contributed by atoms with Crippen molar-refractivity contribution in [1.82, 2.24) is 0 Å². The molecule has 1 unspecified atom stereocenters. The van der Waals surface area contributed by atoms with Crippen molar-refractivity contribution >= 4 is 21.6 Å². The van der Waals surface area contributed by atoms with Gasteiger partial charge in [0.05, 0.1) is 15.9 Å². The van der Waals surface area contributed by atoms with Crippen molar-refractivity contribution in [2.45, 2.75) is 15.9 Å². The third-order valence-electron chi connectivity index (χ3n) is 2.24. The topological polar surface area (TPSA) is 80.4 Å². The summed E-state index contributed by atoms with van der Waals surface area (Å²) in [5, 5.41) is 9.51. The average Bonchev–Trinajstić information content (AvgIpc) is 2.25. The van der Waals surface area contributed by atoms with Gasteiger partial charge in [0.25, 0.3) is 0 Å². The molecule has 0 aliphatic rings. The summed E-state index contributed by atoms with van der Waals surface area (Å²) in [4.78, 5) is -0.0621. The molecule has 0 spiro atoms. The molecule has 0 saturated heterocycles. The molecule has 4 nitrogen and oxygen atoms in total. The lowest BCUT2D eigenvalue weighted by atomic mass is 10.1. The summed E-state index contributed by atoms with van der Waals surface area (Å²) in [5.41, 5.74) is 5.43. The van der Waals surface area contributed by atoms with Gasteiger partial charge in [0, 0.05) is 12.8 Å². The van der Waals surface area contributed by atoms with Crippen LogP contribution in [0.5, 0.6) is 0 Å². The van der Waals surface area contributed by atoms with E-state index in [9.17, 15) is 17.9 Å². The Kier molecular flexibility index (Phi) is 4.54. The van der Waals surface area contributed by atoms with Crippen molar-refractivity contribution in [2.75, 3.05) is 19.1 Å². The molecule has 0 aromatic heterocycles. The standard InChI is InChI=1S/C10H14FNO3S2/c1-16-10-7(11)3-6(8(13)5-12)4-9(10)17(2,14)15/h3-4,8,13H,5,12H2,1-2H3. The lowest BCUT2D eigenvalue weighted by molar-refractivity contribution is 0.186. The molecule has 0 amide bonds. The molecule has 3 N–H and O–H groups in total. The Morgan fingerprint density at radius 1 is 1.53 bits per heavy atom. The van der Waals surface area contributed by atoms with Crippen LogP contribution in [0.15, 0.2) is 21.9 Å². The Balaban J connectivity index is 3.50. The van der Waals surface area contributed by atoms with Crippen molar-refractivity contribution < 1.29 is 17.9 Å². The predicted molar refractivity (Wildman–Crippen MR) is 65.3 cm³/mol. The molecule has 0 aliphatic heterocycles. The van der Waals surface area contributed by atoms with Crippen molar-refractivity contribution in [3.05, 3.63) is 23.5 Å². The molecule has 7 heteroatoms. The highest BCUT2D eigenvalue weighted by atomic mass is 32.2. The second kappa shape index (κ2) is 5.34. The van der Waals surface area contributed by atoms with Crippen molar-refractivity contribution in [3.8, 4) is 0 Å². The van der Waals surface area contributed by atoms with Crippen LogP contribution in [-0.2, 0) is 9.84 Å². The Labute approximate surface area is 104 Å². The van der Waals surface area contributed by atoms with Gasteiger partial charge in [0.15, 0.2) is 9.84 Å². The number of benzene rings is 1. The van der Waals surface area contributed by atoms with Gasteiger partial charge < -0.3 is 10.8 Å². The largest absolute Gasteiger partial charge is 0.387 e. The Hall–Kier alpha value is -0.630. The van der Waals surface area contributed by atoms with Gasteiger partial charge in [-0.2, -0.15) is 0 Å². The van der Waals surface area contributed by atoms with E-state index in [1.807, 2.05) is 0 Å². The molecule has 1 aromatic rings. The molecule has 17 heavy (non-hydrogen) atoms. The Morgan fingerprint density at radius 2 is 2.12 bits per heavy atom. The monoisotopic (exact) mass is 279 g/mol. The normalized spacial score (nSPS) is 13.7. The SMILES string of the molecule is CSc1c(F)cc(C(O)CN)cc1S(C)(=O)=O. The number of nitrogens with two attached hydrogens (primary N) is 1. The zero-order valence-electron chi connectivity index (χ0n) is 9.47. The summed E-state index contributed by atoms with van der Waals surface area (Å²) < 4.78 is 36.8. The smallest absolute Gasteiger partial charge is 0.176 e. The van der Waals surface area contributed by atoms with Crippen LogP contribution in [0.4, 0.5) is 4.39 Å². The fourth-order valence-electron chi connectivity index (χ4n) is 1.39. The summed E-state index contributed by atoms with van der Waals surface area (Å²) in [5.74, 6) is -0.664. The first kappa shape index (κ1) is 14.4. The van der Waals surface area contributed by atoms with Gasteiger partial charge in [-0.1, -0.05) is 0 Å². The minimum Gasteiger partial charge on any atom is -0.387 e. The van der Waals surface area contributed by atoms with Crippen LogP contribution in [0.3, 0.4) is 0 Å². The number of aliphatic hydroxyl groups is 1. The second-order valence-corrected chi connectivity index (χ2v) is 6.36. The van der Waals surface area contributed by atoms with E-state index in [-0.39, 0.29) is 21.9 Å². The molecular weight excluding hydrogens is 265 g/mol. The van der Waals surface area contributed by atoms with Gasteiger partial charge >= 0.3 is 0 Å². The molecule has 1 rings (SSSR count). The summed E-state index contributed by atoms with van der Waals surface area (Å²) in [6, 6.07) is 2.37. The average molecular weight is 279 g/mol. The number of sulfone groups is 1. The maximum absolute atomic E-state index is 13.7. The van der Waals surface area contributed by atoms with Crippen molar-refractivity contribution in [1.29, 1.82) is 0 Å². The molecule has 0 saturated carbocycles. The first-order chi connectivity index (χ1) is 7.81. The van der Waals surface area contributed by atoms with Gasteiger partial charge in [-0.05, 0) is 24.0 Å². The summed E-state index contributed by atoms with van der Waals surface area (Å²) in [7, 11) is -3.55. The van der Waals surface area contributed by atoms with E-state index in [4.69, 9.17) is 5.73 Å². The molecule has 0 fully saturated rings. The summed E-state index contributed by atoms with van der Waals surface area (Å²) >= 11 is 1.01. The predicted octanol–water partition coefficient (Wildman–Crippen LogP) is 0.943. The highest BCUT2D eigenvalue weighted by Crippen LogP contribution is 2.30. The number of rotatable bonds is 4. The molecule has 0 aliphatic carbocycles. The minimum atomic E-state index is -3.55. The van der Waals surface area contributed by atoms with Gasteiger partial charge in [-0.25, -0.2) is 12.8 Å². The molecule has 1 atom stereocenters. The zero-order valence-corrected chi connectivity index (χ0v) is 11.1. The van der Waals surface area contributed by atoms with E-state index < -0.39 is 21.8 Å². The number of thioether (sulfide) groups is 1. The molecule has 0 heterocycles. The highest BCUT2D eigenvalue weighted by Gasteiger charge is 2.20. The lowest BCUT2D eigenvalue weighted by Crippen LogP contribution is -2.13. The van der Waals surface area contributed by atoms with E-state index in [0.717, 1.165) is 24.1 Å². The molecule has 96 valence electrons. The van der Waals surface area contributed by atoms with Gasteiger partial charge in [-0.15, -0.1) is 11.8 Å². The molecule has 0 radical (unpaired) electrons. The quantitative estimate of drug-likeness (QED) is 0.802. The van der Waals surface area contributed by atoms with Gasteiger partial charge in [0.2, 0.25) is 0 Å². The number of aliphatic hydroxyl groups excluding tert-OH is 1. The van der Waals surface area contributed by atoms with E-state index in [0.29, 0.717) is 0 Å². The molecular formula is C10H14FNO3S2. The number of halogens is 1. The lowest BCUT2D eigenvalue weighted by Gasteiger charge is -2.13. The van der Waals surface area contributed by atoms with Crippen LogP contribution in [0, 0.1) is 5.82 Å². The van der Waals surface area contributed by atoms with Crippen LogP contribution in [0.25, 0.3) is 0 Å². The van der Waals surface area contributed by atoms with E-state index >= 15 is 0 Å². The third-order valence-corrected chi connectivity index (χ3v) is 4.32. The van der Waals surface area contributed by atoms with Crippen LogP contribution in [-0.4, -0.2) is 32.6 Å². The Morgan fingerprint density at radius 3 is 2.53 bits per heavy atom. The minimum absolute atomic E-state index is 0.0560. The van der Waals surface area contributed by atoms with Crippen LogP contribution in [0.1, 0.15) is 11.7 Å². The number of hydrogen-bond acceptors (Lipinski definition) is 5. The first-order valence-corrected chi connectivity index (χ1v) is 7.88. The maximum atomic E-state index is 13.7. The fourth-order valence-corrected chi connectivity index (χ4v) is 3.39. The third kappa shape index (κ3) is 3.19. The van der Waals surface area contributed by atoms with Crippen LogP contribution < -0.4 is 5.73 Å².